The zero-order valence-electron chi connectivity index (χ0n) is 14.5. The predicted molar refractivity (Wildman–Crippen MR) is 96.6 cm³/mol. The van der Waals surface area contributed by atoms with E-state index in [9.17, 15) is 9.59 Å². The maximum atomic E-state index is 11.6. The first-order valence-corrected chi connectivity index (χ1v) is 9.83. The second-order valence-electron chi connectivity index (χ2n) is 5.65. The third-order valence-corrected chi connectivity index (χ3v) is 4.19. The lowest BCUT2D eigenvalue weighted by atomic mass is 10.0. The second kappa shape index (κ2) is 16.0. The van der Waals surface area contributed by atoms with Crippen LogP contribution < -0.4 is 0 Å². The van der Waals surface area contributed by atoms with Gasteiger partial charge < -0.3 is 9.47 Å². The Balaban J connectivity index is 3.78. The summed E-state index contributed by atoms with van der Waals surface area (Å²) in [6.07, 6.45) is 10.8. The molecule has 0 N–H and O–H groups in total. The highest BCUT2D eigenvalue weighted by Gasteiger charge is 2.08. The van der Waals surface area contributed by atoms with E-state index in [4.69, 9.17) is 9.47 Å². The number of hydrogen-bond donors (Lipinski definition) is 0. The first kappa shape index (κ1) is 22.2. The Morgan fingerprint density at radius 2 is 1.61 bits per heavy atom. The van der Waals surface area contributed by atoms with Gasteiger partial charge in [0, 0.05) is 17.5 Å². The molecule has 5 heteroatoms. The zero-order valence-corrected chi connectivity index (χ0v) is 16.1. The number of carbonyl (C=O) groups excluding carboxylic acids is 2. The molecule has 0 aliphatic rings. The minimum absolute atomic E-state index is 0.398. The van der Waals surface area contributed by atoms with E-state index in [-0.39, 0.29) is 0 Å². The summed E-state index contributed by atoms with van der Waals surface area (Å²) in [6.45, 7) is 5.06. The standard InChI is InChI=1S/C18H31BrO4/c1-3-5-10-16(4-2)15-23-18(21)12-11-17(20)22-14-9-7-6-8-13-19/h11-12,16H,3-10,13-15H2,1-2H3. The van der Waals surface area contributed by atoms with Gasteiger partial charge in [-0.05, 0) is 25.2 Å². The van der Waals surface area contributed by atoms with E-state index >= 15 is 0 Å². The molecule has 0 bridgehead atoms. The molecule has 0 aliphatic carbocycles. The molecule has 4 nitrogen and oxygen atoms in total. The Labute approximate surface area is 149 Å². The number of halogens is 1. The van der Waals surface area contributed by atoms with E-state index in [0.29, 0.717) is 19.1 Å². The largest absolute Gasteiger partial charge is 0.463 e. The number of alkyl halides is 1. The van der Waals surface area contributed by atoms with Gasteiger partial charge in [0.25, 0.3) is 0 Å². The molecule has 0 saturated heterocycles. The Morgan fingerprint density at radius 1 is 0.957 bits per heavy atom. The molecule has 0 radical (unpaired) electrons. The summed E-state index contributed by atoms with van der Waals surface area (Å²) in [5.41, 5.74) is 0. The smallest absolute Gasteiger partial charge is 0.331 e. The molecule has 23 heavy (non-hydrogen) atoms. The molecule has 0 aromatic rings. The summed E-state index contributed by atoms with van der Waals surface area (Å²) in [6, 6.07) is 0. The molecular weight excluding hydrogens is 360 g/mol. The van der Waals surface area contributed by atoms with E-state index in [1.165, 1.54) is 0 Å². The number of ether oxygens (including phenoxy) is 2. The molecule has 0 aromatic carbocycles. The molecule has 1 unspecified atom stereocenters. The number of unbranched alkanes of at least 4 members (excludes halogenated alkanes) is 4. The molecule has 1 atom stereocenters. The van der Waals surface area contributed by atoms with E-state index in [1.54, 1.807) is 0 Å². The summed E-state index contributed by atoms with van der Waals surface area (Å²) < 4.78 is 10.2. The van der Waals surface area contributed by atoms with Gasteiger partial charge in [-0.1, -0.05) is 61.9 Å². The highest BCUT2D eigenvalue weighted by Crippen LogP contribution is 2.12. The lowest BCUT2D eigenvalue weighted by Gasteiger charge is -2.13. The van der Waals surface area contributed by atoms with Crippen LogP contribution in [0, 0.1) is 5.92 Å². The average Bonchev–Trinajstić information content (AvgIpc) is 2.56. The molecule has 0 saturated carbocycles. The average molecular weight is 391 g/mol. The third kappa shape index (κ3) is 14.5. The number of rotatable bonds is 14. The van der Waals surface area contributed by atoms with Crippen molar-refractivity contribution in [3.8, 4) is 0 Å². The quantitative estimate of drug-likeness (QED) is 0.185. The monoisotopic (exact) mass is 390 g/mol. The summed E-state index contributed by atoms with van der Waals surface area (Å²) in [5, 5.41) is 1.01. The summed E-state index contributed by atoms with van der Waals surface area (Å²) in [7, 11) is 0. The Bertz CT molecular complexity index is 342. The normalized spacial score (nSPS) is 12.3. The first-order valence-electron chi connectivity index (χ1n) is 8.71. The Morgan fingerprint density at radius 3 is 2.22 bits per heavy atom. The van der Waals surface area contributed by atoms with Crippen molar-refractivity contribution in [2.45, 2.75) is 65.2 Å². The van der Waals surface area contributed by atoms with E-state index in [2.05, 4.69) is 29.8 Å². The number of hydrogen-bond acceptors (Lipinski definition) is 4. The van der Waals surface area contributed by atoms with Gasteiger partial charge in [-0.3, -0.25) is 0 Å². The van der Waals surface area contributed by atoms with Crippen molar-refractivity contribution < 1.29 is 19.1 Å². The number of carbonyl (C=O) groups is 2. The van der Waals surface area contributed by atoms with Crippen LogP contribution in [0.5, 0.6) is 0 Å². The van der Waals surface area contributed by atoms with Crippen LogP contribution in [0.15, 0.2) is 12.2 Å². The fraction of sp³-hybridized carbons (Fsp3) is 0.778. The van der Waals surface area contributed by atoms with Crippen molar-refractivity contribution in [2.75, 3.05) is 18.5 Å². The Hall–Kier alpha value is -0.840. The number of esters is 2. The summed E-state index contributed by atoms with van der Waals surface area (Å²) >= 11 is 3.38. The highest BCUT2D eigenvalue weighted by atomic mass is 79.9. The topological polar surface area (TPSA) is 52.6 Å². The predicted octanol–water partition coefficient (Wildman–Crippen LogP) is 4.80. The minimum atomic E-state index is -0.486. The fourth-order valence-electron chi connectivity index (χ4n) is 2.05. The molecule has 0 aromatic heterocycles. The maximum Gasteiger partial charge on any atom is 0.331 e. The van der Waals surface area contributed by atoms with Crippen LogP contribution >= 0.6 is 15.9 Å². The molecule has 0 amide bonds. The minimum Gasteiger partial charge on any atom is -0.463 e. The van der Waals surface area contributed by atoms with Crippen molar-refractivity contribution in [3.05, 3.63) is 12.2 Å². The van der Waals surface area contributed by atoms with E-state index in [0.717, 1.165) is 68.8 Å². The third-order valence-electron chi connectivity index (χ3n) is 3.63. The van der Waals surface area contributed by atoms with Gasteiger partial charge in [-0.2, -0.15) is 0 Å². The molecule has 0 heterocycles. The second-order valence-corrected chi connectivity index (χ2v) is 6.44. The van der Waals surface area contributed by atoms with E-state index in [1.807, 2.05) is 0 Å². The van der Waals surface area contributed by atoms with Crippen LogP contribution in [0.4, 0.5) is 0 Å². The van der Waals surface area contributed by atoms with Crippen molar-refractivity contribution in [1.82, 2.24) is 0 Å². The first-order chi connectivity index (χ1) is 11.1. The van der Waals surface area contributed by atoms with Gasteiger partial charge in [0.05, 0.1) is 13.2 Å². The highest BCUT2D eigenvalue weighted by molar-refractivity contribution is 9.09. The maximum absolute atomic E-state index is 11.6. The van der Waals surface area contributed by atoms with Crippen LogP contribution in [0.3, 0.4) is 0 Å². The van der Waals surface area contributed by atoms with Crippen LogP contribution in [0.2, 0.25) is 0 Å². The van der Waals surface area contributed by atoms with Gasteiger partial charge in [-0.15, -0.1) is 0 Å². The summed E-state index contributed by atoms with van der Waals surface area (Å²) in [4.78, 5) is 23.0. The van der Waals surface area contributed by atoms with Crippen LogP contribution in [-0.4, -0.2) is 30.5 Å². The van der Waals surface area contributed by atoms with Gasteiger partial charge in [-0.25, -0.2) is 9.59 Å². The molecule has 0 spiro atoms. The Kier molecular flexibility index (Phi) is 15.4. The van der Waals surface area contributed by atoms with Crippen molar-refractivity contribution in [1.29, 1.82) is 0 Å². The van der Waals surface area contributed by atoms with Gasteiger partial charge >= 0.3 is 11.9 Å². The van der Waals surface area contributed by atoms with Crippen molar-refractivity contribution >= 4 is 27.9 Å². The van der Waals surface area contributed by atoms with Crippen LogP contribution in [0.25, 0.3) is 0 Å². The molecule has 0 fully saturated rings. The molecule has 0 aliphatic heterocycles. The SMILES string of the molecule is CCCCC(CC)COC(=O)C=CC(=O)OCCCCCCBr. The van der Waals surface area contributed by atoms with Gasteiger partial charge in [0.15, 0.2) is 0 Å². The van der Waals surface area contributed by atoms with Gasteiger partial charge in [0.1, 0.15) is 0 Å². The molecule has 134 valence electrons. The van der Waals surface area contributed by atoms with Gasteiger partial charge in [0.2, 0.25) is 0 Å². The van der Waals surface area contributed by atoms with Crippen LogP contribution in [-0.2, 0) is 19.1 Å². The lowest BCUT2D eigenvalue weighted by molar-refractivity contribution is -0.141. The fourth-order valence-corrected chi connectivity index (χ4v) is 2.45. The molecular formula is C18H31BrO4. The van der Waals surface area contributed by atoms with Crippen molar-refractivity contribution in [3.63, 3.8) is 0 Å². The zero-order chi connectivity index (χ0) is 17.3. The molecule has 0 rings (SSSR count). The van der Waals surface area contributed by atoms with Crippen LogP contribution in [0.1, 0.15) is 65.2 Å². The lowest BCUT2D eigenvalue weighted by Crippen LogP contribution is -2.12. The van der Waals surface area contributed by atoms with Crippen molar-refractivity contribution in [2.24, 2.45) is 5.92 Å². The summed E-state index contributed by atoms with van der Waals surface area (Å²) in [5.74, 6) is -0.562. The van der Waals surface area contributed by atoms with E-state index < -0.39 is 11.9 Å².